The lowest BCUT2D eigenvalue weighted by Crippen LogP contribution is -2.25. The molecule has 0 spiro atoms. The first kappa shape index (κ1) is 12.3. The second-order valence-electron chi connectivity index (χ2n) is 3.86. The van der Waals surface area contributed by atoms with Crippen molar-refractivity contribution in [3.05, 3.63) is 62.8 Å². The molecule has 0 unspecified atom stereocenters. The molecule has 2 aromatic rings. The highest BCUT2D eigenvalue weighted by molar-refractivity contribution is 6.31. The van der Waals surface area contributed by atoms with E-state index in [4.69, 9.17) is 16.9 Å². The topological polar surface area (TPSA) is 58.7 Å². The van der Waals surface area contributed by atoms with Crippen LogP contribution in [0.15, 0.2) is 35.4 Å². The molecular weight excluding hydrogens is 250 g/mol. The van der Waals surface area contributed by atoms with Gasteiger partial charge >= 0.3 is 0 Å². The molecule has 0 saturated carbocycles. The van der Waals surface area contributed by atoms with Crippen LogP contribution in [0.4, 0.5) is 0 Å². The fourth-order valence-electron chi connectivity index (χ4n) is 1.65. The van der Waals surface area contributed by atoms with Gasteiger partial charge in [-0.15, -0.1) is 0 Å². The standard InChI is InChI=1S/C13H10ClN3O/c1-9-2-3-10(6-15)13(18)17(9)8-11-4-5-16-7-12(11)14/h2-5,7H,8H2,1H3. The average Bonchev–Trinajstić information content (AvgIpc) is 2.37. The molecule has 0 amide bonds. The number of hydrogen-bond donors (Lipinski definition) is 0. The number of aromatic nitrogens is 2. The van der Waals surface area contributed by atoms with Crippen LogP contribution in [0.25, 0.3) is 0 Å². The van der Waals surface area contributed by atoms with E-state index in [0.717, 1.165) is 11.3 Å². The Balaban J connectivity index is 2.51. The minimum atomic E-state index is -0.301. The molecule has 0 atom stereocenters. The van der Waals surface area contributed by atoms with Crippen LogP contribution >= 0.6 is 11.6 Å². The van der Waals surface area contributed by atoms with Gasteiger partial charge < -0.3 is 4.57 Å². The van der Waals surface area contributed by atoms with Gasteiger partial charge in [-0.25, -0.2) is 0 Å². The van der Waals surface area contributed by atoms with Gasteiger partial charge in [0, 0.05) is 18.1 Å². The minimum absolute atomic E-state index is 0.130. The quantitative estimate of drug-likeness (QED) is 0.830. The van der Waals surface area contributed by atoms with Crippen LogP contribution in [0, 0.1) is 18.3 Å². The number of aryl methyl sites for hydroxylation is 1. The maximum Gasteiger partial charge on any atom is 0.268 e. The van der Waals surface area contributed by atoms with Gasteiger partial charge in [-0.05, 0) is 30.7 Å². The predicted octanol–water partition coefficient (Wildman–Crippen LogP) is 2.13. The molecule has 0 bridgehead atoms. The van der Waals surface area contributed by atoms with Gasteiger partial charge in [-0.2, -0.15) is 5.26 Å². The van der Waals surface area contributed by atoms with Crippen LogP contribution in [0.2, 0.25) is 5.02 Å². The van der Waals surface area contributed by atoms with Gasteiger partial charge in [0.05, 0.1) is 11.6 Å². The summed E-state index contributed by atoms with van der Waals surface area (Å²) in [5, 5.41) is 9.36. The first-order chi connectivity index (χ1) is 8.63. The maximum atomic E-state index is 12.0. The lowest BCUT2D eigenvalue weighted by atomic mass is 10.2. The van der Waals surface area contributed by atoms with Crippen LogP contribution < -0.4 is 5.56 Å². The maximum absolute atomic E-state index is 12.0. The summed E-state index contributed by atoms with van der Waals surface area (Å²) >= 11 is 6.01. The zero-order valence-electron chi connectivity index (χ0n) is 9.72. The lowest BCUT2D eigenvalue weighted by Gasteiger charge is -2.10. The second kappa shape index (κ2) is 5.03. The van der Waals surface area contributed by atoms with E-state index in [9.17, 15) is 4.79 Å². The highest BCUT2D eigenvalue weighted by Crippen LogP contribution is 2.14. The van der Waals surface area contributed by atoms with Crippen LogP contribution in [0.3, 0.4) is 0 Å². The van der Waals surface area contributed by atoms with Crippen molar-refractivity contribution in [1.29, 1.82) is 5.26 Å². The Hall–Kier alpha value is -2.12. The zero-order valence-corrected chi connectivity index (χ0v) is 10.5. The second-order valence-corrected chi connectivity index (χ2v) is 4.27. The Kier molecular flexibility index (Phi) is 3.45. The summed E-state index contributed by atoms with van der Waals surface area (Å²) in [6.45, 7) is 2.15. The van der Waals surface area contributed by atoms with Crippen molar-refractivity contribution in [2.45, 2.75) is 13.5 Å². The molecule has 0 saturated heterocycles. The molecule has 5 heteroatoms. The third kappa shape index (κ3) is 2.27. The summed E-state index contributed by atoms with van der Waals surface area (Å²) in [6, 6.07) is 6.92. The fraction of sp³-hybridized carbons (Fsp3) is 0.154. The van der Waals surface area contributed by atoms with Crippen molar-refractivity contribution in [3.63, 3.8) is 0 Å². The monoisotopic (exact) mass is 259 g/mol. The third-order valence-corrected chi connectivity index (χ3v) is 3.04. The summed E-state index contributed by atoms with van der Waals surface area (Å²) in [5.74, 6) is 0. The first-order valence-corrected chi connectivity index (χ1v) is 5.70. The van der Waals surface area contributed by atoms with Gasteiger partial charge in [0.2, 0.25) is 0 Å². The van der Waals surface area contributed by atoms with Gasteiger partial charge in [0.15, 0.2) is 0 Å². The highest BCUT2D eigenvalue weighted by Gasteiger charge is 2.08. The highest BCUT2D eigenvalue weighted by atomic mass is 35.5. The molecule has 2 heterocycles. The number of nitrogens with zero attached hydrogens (tertiary/aromatic N) is 3. The van der Waals surface area contributed by atoms with Crippen molar-refractivity contribution >= 4 is 11.6 Å². The SMILES string of the molecule is Cc1ccc(C#N)c(=O)n1Cc1ccncc1Cl. The number of halogens is 1. The minimum Gasteiger partial charge on any atom is -0.307 e. The Morgan fingerprint density at radius 1 is 1.44 bits per heavy atom. The van der Waals surface area contributed by atoms with Crippen molar-refractivity contribution < 1.29 is 0 Å². The van der Waals surface area contributed by atoms with Crippen molar-refractivity contribution in [1.82, 2.24) is 9.55 Å². The van der Waals surface area contributed by atoms with Crippen LogP contribution in [0.1, 0.15) is 16.8 Å². The molecule has 0 aliphatic heterocycles. The first-order valence-electron chi connectivity index (χ1n) is 5.32. The summed E-state index contributed by atoms with van der Waals surface area (Å²) in [6.07, 6.45) is 3.15. The number of rotatable bonds is 2. The van der Waals surface area contributed by atoms with Gasteiger partial charge in [0.25, 0.3) is 5.56 Å². The third-order valence-electron chi connectivity index (χ3n) is 2.70. The predicted molar refractivity (Wildman–Crippen MR) is 68.5 cm³/mol. The average molecular weight is 260 g/mol. The Labute approximate surface area is 109 Å². The molecule has 18 heavy (non-hydrogen) atoms. The van der Waals surface area contributed by atoms with Gasteiger partial charge in [-0.1, -0.05) is 11.6 Å². The smallest absolute Gasteiger partial charge is 0.268 e. The molecule has 0 aliphatic carbocycles. The summed E-state index contributed by atoms with van der Waals surface area (Å²) in [4.78, 5) is 15.9. The van der Waals surface area contributed by atoms with E-state index in [0.29, 0.717) is 11.6 Å². The molecule has 2 rings (SSSR count). The number of nitriles is 1. The van der Waals surface area contributed by atoms with Crippen LogP contribution in [-0.4, -0.2) is 9.55 Å². The molecule has 2 aromatic heterocycles. The van der Waals surface area contributed by atoms with E-state index in [1.54, 1.807) is 18.3 Å². The fourth-order valence-corrected chi connectivity index (χ4v) is 1.83. The van der Waals surface area contributed by atoms with Crippen molar-refractivity contribution in [2.24, 2.45) is 0 Å². The molecule has 90 valence electrons. The van der Waals surface area contributed by atoms with E-state index in [2.05, 4.69) is 4.98 Å². The molecule has 0 N–H and O–H groups in total. The molecule has 0 aliphatic rings. The van der Waals surface area contributed by atoms with E-state index < -0.39 is 0 Å². The van der Waals surface area contributed by atoms with Crippen molar-refractivity contribution in [2.75, 3.05) is 0 Å². The van der Waals surface area contributed by atoms with Crippen LogP contribution in [0.5, 0.6) is 0 Å². The summed E-state index contributed by atoms with van der Waals surface area (Å²) in [7, 11) is 0. The number of hydrogen-bond acceptors (Lipinski definition) is 3. The Bertz CT molecular complexity index is 685. The molecule has 0 radical (unpaired) electrons. The van der Waals surface area contributed by atoms with E-state index in [1.165, 1.54) is 16.8 Å². The molecular formula is C13H10ClN3O. The van der Waals surface area contributed by atoms with E-state index >= 15 is 0 Å². The summed E-state index contributed by atoms with van der Waals surface area (Å²) < 4.78 is 1.53. The van der Waals surface area contributed by atoms with Gasteiger partial charge in [-0.3, -0.25) is 9.78 Å². The Morgan fingerprint density at radius 3 is 2.89 bits per heavy atom. The van der Waals surface area contributed by atoms with E-state index in [1.807, 2.05) is 13.0 Å². The largest absolute Gasteiger partial charge is 0.307 e. The molecule has 0 fully saturated rings. The normalized spacial score (nSPS) is 10.1. The number of pyridine rings is 2. The van der Waals surface area contributed by atoms with Crippen molar-refractivity contribution in [3.8, 4) is 6.07 Å². The van der Waals surface area contributed by atoms with Gasteiger partial charge in [0.1, 0.15) is 11.6 Å². The zero-order chi connectivity index (χ0) is 13.1. The van der Waals surface area contributed by atoms with E-state index in [-0.39, 0.29) is 11.1 Å². The molecule has 0 aromatic carbocycles. The summed E-state index contributed by atoms with van der Waals surface area (Å²) in [5.41, 5.74) is 1.41. The Morgan fingerprint density at radius 2 is 2.22 bits per heavy atom. The van der Waals surface area contributed by atoms with Crippen LogP contribution in [-0.2, 0) is 6.54 Å². The lowest BCUT2D eigenvalue weighted by molar-refractivity contribution is 0.726. The molecule has 4 nitrogen and oxygen atoms in total.